The van der Waals surface area contributed by atoms with E-state index in [2.05, 4.69) is 10.6 Å². The van der Waals surface area contributed by atoms with Crippen LogP contribution < -0.4 is 20.3 Å². The molecule has 3 N–H and O–H groups in total. The van der Waals surface area contributed by atoms with E-state index in [-0.39, 0.29) is 12.1 Å². The van der Waals surface area contributed by atoms with Gasteiger partial charge in [0.05, 0.1) is 18.9 Å². The van der Waals surface area contributed by atoms with Crippen molar-refractivity contribution in [3.8, 4) is 5.75 Å². The van der Waals surface area contributed by atoms with Crippen molar-refractivity contribution in [3.05, 3.63) is 72.0 Å². The zero-order chi connectivity index (χ0) is 19.7. The Balaban J connectivity index is 1.78. The minimum Gasteiger partial charge on any atom is -0.497 e. The number of carbonyl (C=O) groups excluding carboxylic acids is 1. The van der Waals surface area contributed by atoms with Gasteiger partial charge in [0.1, 0.15) is 17.8 Å². The molecular weight excluding hydrogens is 356 g/mol. The van der Waals surface area contributed by atoms with Gasteiger partial charge in [-0.2, -0.15) is 0 Å². The van der Waals surface area contributed by atoms with E-state index in [9.17, 15) is 4.79 Å². The van der Waals surface area contributed by atoms with E-state index in [4.69, 9.17) is 14.6 Å². The molecule has 1 amide bonds. The summed E-state index contributed by atoms with van der Waals surface area (Å²) < 4.78 is 10.8. The lowest BCUT2D eigenvalue weighted by Gasteiger charge is -2.38. The van der Waals surface area contributed by atoms with Crippen LogP contribution in [0.1, 0.15) is 24.2 Å². The van der Waals surface area contributed by atoms with Gasteiger partial charge in [-0.25, -0.2) is 0 Å². The van der Waals surface area contributed by atoms with Crippen LogP contribution in [-0.4, -0.2) is 18.9 Å². The predicted molar refractivity (Wildman–Crippen MR) is 108 cm³/mol. The lowest BCUT2D eigenvalue weighted by molar-refractivity contribution is -0.114. The van der Waals surface area contributed by atoms with Gasteiger partial charge in [0, 0.05) is 18.3 Å². The van der Waals surface area contributed by atoms with Crippen molar-refractivity contribution in [1.29, 1.82) is 5.41 Å². The molecule has 2 aromatic carbocycles. The molecule has 142 valence electrons. The molecular formula is C21H20N4O3. The zero-order valence-corrected chi connectivity index (χ0v) is 15.5. The maximum Gasteiger partial charge on any atom is 0.221 e. The molecule has 0 aliphatic carbocycles. The quantitative estimate of drug-likeness (QED) is 0.635. The third kappa shape index (κ3) is 3.18. The average Bonchev–Trinajstić information content (AvgIpc) is 3.17. The molecule has 1 aromatic heterocycles. The summed E-state index contributed by atoms with van der Waals surface area (Å²) >= 11 is 0. The van der Waals surface area contributed by atoms with E-state index >= 15 is 0 Å². The minimum atomic E-state index is -0.381. The molecule has 1 atom stereocenters. The molecule has 0 bridgehead atoms. The van der Waals surface area contributed by atoms with Gasteiger partial charge in [-0.1, -0.05) is 12.1 Å². The number of furan rings is 1. The Morgan fingerprint density at radius 2 is 2.00 bits per heavy atom. The smallest absolute Gasteiger partial charge is 0.221 e. The summed E-state index contributed by atoms with van der Waals surface area (Å²) in [5.41, 5.74) is 3.09. The van der Waals surface area contributed by atoms with Gasteiger partial charge in [-0.3, -0.25) is 10.2 Å². The standard InChI is InChI=1S/C21H20N4O3/c1-13(26)23-15-5-3-4-14(12-15)20-24-21-18(10-11-28-21)19(22)25(20)16-6-8-17(27-2)9-7-16/h3-12,20,22,24H,1-2H3,(H,23,26). The first-order valence-electron chi connectivity index (χ1n) is 8.80. The number of amidine groups is 1. The van der Waals surface area contributed by atoms with Gasteiger partial charge in [0.25, 0.3) is 0 Å². The predicted octanol–water partition coefficient (Wildman–Crippen LogP) is 4.20. The maximum absolute atomic E-state index is 11.4. The van der Waals surface area contributed by atoms with Crippen LogP contribution in [-0.2, 0) is 4.79 Å². The number of carbonyl (C=O) groups is 1. The van der Waals surface area contributed by atoms with Gasteiger partial charge in [-0.05, 0) is 48.0 Å². The first-order chi connectivity index (χ1) is 13.6. The van der Waals surface area contributed by atoms with Crippen LogP contribution >= 0.6 is 0 Å². The summed E-state index contributed by atoms with van der Waals surface area (Å²) in [5, 5.41) is 14.9. The minimum absolute atomic E-state index is 0.137. The fourth-order valence-corrected chi connectivity index (χ4v) is 3.30. The number of methoxy groups -OCH3 is 1. The van der Waals surface area contributed by atoms with Gasteiger partial charge >= 0.3 is 0 Å². The van der Waals surface area contributed by atoms with E-state index < -0.39 is 0 Å². The van der Waals surface area contributed by atoms with Crippen molar-refractivity contribution in [2.24, 2.45) is 0 Å². The number of hydrogen-bond acceptors (Lipinski definition) is 5. The van der Waals surface area contributed by atoms with E-state index in [0.717, 1.165) is 17.0 Å². The van der Waals surface area contributed by atoms with Crippen LogP contribution in [0.25, 0.3) is 0 Å². The number of ether oxygens (including phenoxy) is 1. The fraction of sp³-hybridized carbons (Fsp3) is 0.143. The second-order valence-corrected chi connectivity index (χ2v) is 6.43. The van der Waals surface area contributed by atoms with Crippen LogP contribution in [0.15, 0.2) is 65.3 Å². The first kappa shape index (κ1) is 17.7. The highest BCUT2D eigenvalue weighted by atomic mass is 16.5. The molecule has 1 unspecified atom stereocenters. The summed E-state index contributed by atoms with van der Waals surface area (Å²) in [7, 11) is 1.62. The summed E-state index contributed by atoms with van der Waals surface area (Å²) in [6, 6.07) is 16.8. The highest BCUT2D eigenvalue weighted by molar-refractivity contribution is 6.13. The molecule has 0 radical (unpaired) electrons. The molecule has 7 nitrogen and oxygen atoms in total. The monoisotopic (exact) mass is 376 g/mol. The number of nitrogens with zero attached hydrogens (tertiary/aromatic N) is 1. The number of hydrogen-bond donors (Lipinski definition) is 3. The second-order valence-electron chi connectivity index (χ2n) is 6.43. The lowest BCUT2D eigenvalue weighted by atomic mass is 10.0. The van der Waals surface area contributed by atoms with Gasteiger partial charge in [-0.15, -0.1) is 0 Å². The van der Waals surface area contributed by atoms with Crippen molar-refractivity contribution < 1.29 is 13.9 Å². The SMILES string of the molecule is COc1ccc(N2C(=N)c3ccoc3NC2c2cccc(NC(C)=O)c2)cc1. The van der Waals surface area contributed by atoms with E-state index in [0.29, 0.717) is 23.0 Å². The topological polar surface area (TPSA) is 90.6 Å². The van der Waals surface area contributed by atoms with Crippen molar-refractivity contribution in [3.63, 3.8) is 0 Å². The molecule has 4 rings (SSSR count). The Morgan fingerprint density at radius 3 is 2.71 bits per heavy atom. The second kappa shape index (κ2) is 7.11. The number of benzene rings is 2. The van der Waals surface area contributed by atoms with E-state index in [1.165, 1.54) is 6.92 Å². The maximum atomic E-state index is 11.4. The normalized spacial score (nSPS) is 15.6. The molecule has 0 fully saturated rings. The molecule has 0 saturated carbocycles. The number of nitrogens with one attached hydrogen (secondary N) is 3. The number of anilines is 3. The number of rotatable bonds is 4. The average molecular weight is 376 g/mol. The molecule has 1 aliphatic heterocycles. The van der Waals surface area contributed by atoms with Gasteiger partial charge in [0.15, 0.2) is 0 Å². The van der Waals surface area contributed by atoms with Crippen LogP contribution in [0.5, 0.6) is 5.75 Å². The molecule has 28 heavy (non-hydrogen) atoms. The largest absolute Gasteiger partial charge is 0.497 e. The summed E-state index contributed by atoms with van der Waals surface area (Å²) in [6.07, 6.45) is 1.18. The Bertz CT molecular complexity index is 1030. The molecule has 3 aromatic rings. The van der Waals surface area contributed by atoms with Crippen molar-refractivity contribution in [2.75, 3.05) is 22.6 Å². The molecule has 0 spiro atoms. The van der Waals surface area contributed by atoms with E-state index in [1.807, 2.05) is 53.4 Å². The molecule has 2 heterocycles. The third-order valence-electron chi connectivity index (χ3n) is 4.56. The van der Waals surface area contributed by atoms with Crippen LogP contribution in [0.4, 0.5) is 17.3 Å². The Hall–Kier alpha value is -3.74. The van der Waals surface area contributed by atoms with Crippen molar-refractivity contribution in [2.45, 2.75) is 13.1 Å². The van der Waals surface area contributed by atoms with Crippen LogP contribution in [0, 0.1) is 5.41 Å². The van der Waals surface area contributed by atoms with Crippen LogP contribution in [0.2, 0.25) is 0 Å². The fourth-order valence-electron chi connectivity index (χ4n) is 3.30. The third-order valence-corrected chi connectivity index (χ3v) is 4.56. The number of amides is 1. The van der Waals surface area contributed by atoms with E-state index in [1.54, 1.807) is 19.4 Å². The molecule has 0 saturated heterocycles. The lowest BCUT2D eigenvalue weighted by Crippen LogP contribution is -2.42. The van der Waals surface area contributed by atoms with Gasteiger partial charge < -0.3 is 24.7 Å². The van der Waals surface area contributed by atoms with Crippen LogP contribution in [0.3, 0.4) is 0 Å². The van der Waals surface area contributed by atoms with Crippen molar-refractivity contribution >= 4 is 29.0 Å². The van der Waals surface area contributed by atoms with Crippen molar-refractivity contribution in [1.82, 2.24) is 0 Å². The Morgan fingerprint density at radius 1 is 1.21 bits per heavy atom. The highest BCUT2D eigenvalue weighted by Crippen LogP contribution is 2.38. The summed E-state index contributed by atoms with van der Waals surface area (Å²) in [6.45, 7) is 1.47. The molecule has 7 heteroatoms. The zero-order valence-electron chi connectivity index (χ0n) is 15.5. The first-order valence-corrected chi connectivity index (χ1v) is 8.80. The Labute approximate surface area is 162 Å². The molecule has 1 aliphatic rings. The number of fused-ring (bicyclic) bond motifs is 1. The summed E-state index contributed by atoms with van der Waals surface area (Å²) in [5.74, 6) is 1.47. The summed E-state index contributed by atoms with van der Waals surface area (Å²) in [4.78, 5) is 13.3. The Kier molecular flexibility index (Phi) is 4.49. The van der Waals surface area contributed by atoms with Gasteiger partial charge in [0.2, 0.25) is 11.8 Å². The highest BCUT2D eigenvalue weighted by Gasteiger charge is 2.33.